The molecule has 0 amide bonds. The first-order valence-corrected chi connectivity index (χ1v) is 8.72. The standard InChI is InChI=1S/C20H27N5.ClH/c1-15-22-8-9-25(15)14-17-7-5-6-16(10-17)11-21-12-18-13-23-24-19(18)20(2,3)4;/h5-10,13,21H,11-12,14H2,1-4H3,(H,23,24);1H. The van der Waals surface area contributed by atoms with Crippen LogP contribution >= 0.6 is 12.4 Å². The molecule has 0 saturated heterocycles. The smallest absolute Gasteiger partial charge is 0.105 e. The molecule has 0 aliphatic rings. The van der Waals surface area contributed by atoms with Crippen LogP contribution in [-0.2, 0) is 25.0 Å². The van der Waals surface area contributed by atoms with Crippen LogP contribution < -0.4 is 5.32 Å². The summed E-state index contributed by atoms with van der Waals surface area (Å²) < 4.78 is 2.16. The van der Waals surface area contributed by atoms with Crippen LogP contribution in [0.2, 0.25) is 0 Å². The van der Waals surface area contributed by atoms with Crippen molar-refractivity contribution in [3.05, 3.63) is 71.1 Å². The Hall–Kier alpha value is -2.11. The summed E-state index contributed by atoms with van der Waals surface area (Å²) in [7, 11) is 0. The van der Waals surface area contributed by atoms with E-state index < -0.39 is 0 Å². The van der Waals surface area contributed by atoms with Crippen molar-refractivity contribution in [1.82, 2.24) is 25.1 Å². The van der Waals surface area contributed by atoms with Crippen molar-refractivity contribution in [2.24, 2.45) is 0 Å². The largest absolute Gasteiger partial charge is 0.331 e. The SMILES string of the molecule is Cc1nccn1Cc1cccc(CNCc2cn[nH]c2C(C)(C)C)c1.Cl. The number of H-pyrrole nitrogens is 1. The summed E-state index contributed by atoms with van der Waals surface area (Å²) in [5, 5.41) is 10.9. The fraction of sp³-hybridized carbons (Fsp3) is 0.400. The molecule has 0 saturated carbocycles. The second-order valence-corrected chi connectivity index (χ2v) is 7.55. The van der Waals surface area contributed by atoms with E-state index in [9.17, 15) is 0 Å². The number of imidazole rings is 1. The molecule has 3 rings (SSSR count). The third kappa shape index (κ3) is 4.96. The summed E-state index contributed by atoms with van der Waals surface area (Å²) in [5.41, 5.74) is 5.09. The summed E-state index contributed by atoms with van der Waals surface area (Å²) in [4.78, 5) is 4.28. The van der Waals surface area contributed by atoms with Gasteiger partial charge in [-0.05, 0) is 18.1 Å². The molecule has 140 valence electrons. The molecule has 2 aromatic heterocycles. The Balaban J connectivity index is 0.00000243. The lowest BCUT2D eigenvalue weighted by molar-refractivity contribution is 0.553. The number of aromatic amines is 1. The van der Waals surface area contributed by atoms with Gasteiger partial charge in [-0.25, -0.2) is 4.98 Å². The Morgan fingerprint density at radius 2 is 1.92 bits per heavy atom. The summed E-state index contributed by atoms with van der Waals surface area (Å²) >= 11 is 0. The molecule has 5 nitrogen and oxygen atoms in total. The summed E-state index contributed by atoms with van der Waals surface area (Å²) in [6, 6.07) is 8.71. The molecule has 0 aliphatic heterocycles. The fourth-order valence-corrected chi connectivity index (χ4v) is 3.04. The van der Waals surface area contributed by atoms with E-state index in [-0.39, 0.29) is 17.8 Å². The number of aromatic nitrogens is 4. The molecule has 26 heavy (non-hydrogen) atoms. The Morgan fingerprint density at radius 1 is 1.15 bits per heavy atom. The molecular weight excluding hydrogens is 346 g/mol. The molecule has 2 heterocycles. The van der Waals surface area contributed by atoms with Gasteiger partial charge in [-0.15, -0.1) is 12.4 Å². The van der Waals surface area contributed by atoms with E-state index in [0.29, 0.717) is 0 Å². The minimum atomic E-state index is 0. The van der Waals surface area contributed by atoms with Crippen LogP contribution in [0.5, 0.6) is 0 Å². The van der Waals surface area contributed by atoms with Crippen molar-refractivity contribution >= 4 is 12.4 Å². The van der Waals surface area contributed by atoms with Crippen LogP contribution in [0, 0.1) is 6.92 Å². The van der Waals surface area contributed by atoms with Gasteiger partial charge in [0.15, 0.2) is 0 Å². The zero-order chi connectivity index (χ0) is 17.9. The molecule has 2 N–H and O–H groups in total. The van der Waals surface area contributed by atoms with E-state index in [1.165, 1.54) is 22.4 Å². The van der Waals surface area contributed by atoms with Gasteiger partial charge in [0.2, 0.25) is 0 Å². The monoisotopic (exact) mass is 373 g/mol. The zero-order valence-corrected chi connectivity index (χ0v) is 16.7. The van der Waals surface area contributed by atoms with Crippen LogP contribution in [0.4, 0.5) is 0 Å². The van der Waals surface area contributed by atoms with Gasteiger partial charge in [-0.2, -0.15) is 5.10 Å². The van der Waals surface area contributed by atoms with Gasteiger partial charge in [0.1, 0.15) is 5.82 Å². The Morgan fingerprint density at radius 3 is 2.62 bits per heavy atom. The van der Waals surface area contributed by atoms with Gasteiger partial charge >= 0.3 is 0 Å². The van der Waals surface area contributed by atoms with E-state index in [1.54, 1.807) is 0 Å². The number of benzene rings is 1. The van der Waals surface area contributed by atoms with Crippen molar-refractivity contribution in [3.63, 3.8) is 0 Å². The summed E-state index contributed by atoms with van der Waals surface area (Å²) in [6.07, 6.45) is 5.79. The van der Waals surface area contributed by atoms with Gasteiger partial charge in [-0.3, -0.25) is 5.10 Å². The molecule has 1 aromatic carbocycles. The van der Waals surface area contributed by atoms with Gasteiger partial charge in [-0.1, -0.05) is 45.0 Å². The maximum Gasteiger partial charge on any atom is 0.105 e. The van der Waals surface area contributed by atoms with Crippen molar-refractivity contribution in [2.75, 3.05) is 0 Å². The number of hydrogen-bond donors (Lipinski definition) is 2. The molecule has 0 aliphatic carbocycles. The number of nitrogens with zero attached hydrogens (tertiary/aromatic N) is 3. The van der Waals surface area contributed by atoms with Crippen molar-refractivity contribution in [3.8, 4) is 0 Å². The molecule has 3 aromatic rings. The third-order valence-electron chi connectivity index (χ3n) is 4.38. The lowest BCUT2D eigenvalue weighted by Gasteiger charge is -2.18. The summed E-state index contributed by atoms with van der Waals surface area (Å²) in [6.45, 7) is 11.1. The third-order valence-corrected chi connectivity index (χ3v) is 4.38. The first kappa shape index (κ1) is 20.2. The van der Waals surface area contributed by atoms with Gasteiger partial charge in [0.05, 0.1) is 6.20 Å². The van der Waals surface area contributed by atoms with Gasteiger partial charge in [0, 0.05) is 48.7 Å². The average Bonchev–Trinajstić information content (AvgIpc) is 3.17. The van der Waals surface area contributed by atoms with Crippen molar-refractivity contribution in [2.45, 2.75) is 52.7 Å². The number of aryl methyl sites for hydroxylation is 1. The second kappa shape index (κ2) is 8.52. The van der Waals surface area contributed by atoms with Crippen molar-refractivity contribution < 1.29 is 0 Å². The first-order chi connectivity index (χ1) is 11.9. The van der Waals surface area contributed by atoms with E-state index in [0.717, 1.165) is 25.5 Å². The topological polar surface area (TPSA) is 58.5 Å². The Bertz CT molecular complexity index is 829. The highest BCUT2D eigenvalue weighted by Gasteiger charge is 2.19. The van der Waals surface area contributed by atoms with Crippen LogP contribution in [-0.4, -0.2) is 19.7 Å². The highest BCUT2D eigenvalue weighted by Crippen LogP contribution is 2.23. The zero-order valence-electron chi connectivity index (χ0n) is 15.9. The lowest BCUT2D eigenvalue weighted by atomic mass is 9.89. The number of nitrogens with one attached hydrogen (secondary N) is 2. The molecule has 0 spiro atoms. The molecule has 6 heteroatoms. The number of rotatable bonds is 6. The Labute approximate surface area is 161 Å². The van der Waals surface area contributed by atoms with Crippen LogP contribution in [0.3, 0.4) is 0 Å². The fourth-order valence-electron chi connectivity index (χ4n) is 3.04. The quantitative estimate of drug-likeness (QED) is 0.687. The highest BCUT2D eigenvalue weighted by molar-refractivity contribution is 5.85. The summed E-state index contributed by atoms with van der Waals surface area (Å²) in [5.74, 6) is 1.04. The molecule has 0 unspecified atom stereocenters. The predicted molar refractivity (Wildman–Crippen MR) is 108 cm³/mol. The Kier molecular flexibility index (Phi) is 6.62. The molecule has 0 fully saturated rings. The minimum Gasteiger partial charge on any atom is -0.331 e. The van der Waals surface area contributed by atoms with Crippen molar-refractivity contribution in [1.29, 1.82) is 0 Å². The van der Waals surface area contributed by atoms with E-state index in [4.69, 9.17) is 0 Å². The maximum absolute atomic E-state index is 4.28. The second-order valence-electron chi connectivity index (χ2n) is 7.55. The number of halogens is 1. The van der Waals surface area contributed by atoms with Gasteiger partial charge < -0.3 is 9.88 Å². The molecule has 0 bridgehead atoms. The average molecular weight is 374 g/mol. The molecule has 0 radical (unpaired) electrons. The highest BCUT2D eigenvalue weighted by atomic mass is 35.5. The van der Waals surface area contributed by atoms with Crippen LogP contribution in [0.15, 0.2) is 42.9 Å². The molecule has 0 atom stereocenters. The van der Waals surface area contributed by atoms with Crippen LogP contribution in [0.1, 0.15) is 49.0 Å². The predicted octanol–water partition coefficient (Wildman–Crippen LogP) is 3.97. The minimum absolute atomic E-state index is 0. The lowest BCUT2D eigenvalue weighted by Crippen LogP contribution is -2.19. The maximum atomic E-state index is 4.28. The normalized spacial score (nSPS) is 11.4. The van der Waals surface area contributed by atoms with E-state index >= 15 is 0 Å². The number of hydrogen-bond acceptors (Lipinski definition) is 3. The first-order valence-electron chi connectivity index (χ1n) is 8.72. The van der Waals surface area contributed by atoms with E-state index in [1.807, 2.05) is 25.5 Å². The molecular formula is C20H28ClN5. The van der Waals surface area contributed by atoms with Crippen LogP contribution in [0.25, 0.3) is 0 Å². The van der Waals surface area contributed by atoms with Gasteiger partial charge in [0.25, 0.3) is 0 Å². The van der Waals surface area contributed by atoms with E-state index in [2.05, 4.69) is 70.1 Å².